The molecule has 3 atom stereocenters. The number of hydrogen-bond donors (Lipinski definition) is 2. The second kappa shape index (κ2) is 7.56. The van der Waals surface area contributed by atoms with Crippen LogP contribution in [0.1, 0.15) is 19.3 Å². The van der Waals surface area contributed by atoms with Gasteiger partial charge in [0, 0.05) is 35.1 Å². The van der Waals surface area contributed by atoms with Gasteiger partial charge >= 0.3 is 0 Å². The molecule has 3 aromatic rings. The molecule has 0 saturated carbocycles. The van der Waals surface area contributed by atoms with E-state index < -0.39 is 5.82 Å². The second-order valence-corrected chi connectivity index (χ2v) is 8.56. The molecule has 0 aliphatic carbocycles. The van der Waals surface area contributed by atoms with Crippen LogP contribution in [-0.4, -0.2) is 40.6 Å². The average Bonchev–Trinajstić information content (AvgIpc) is 3.24. The highest BCUT2D eigenvalue weighted by molar-refractivity contribution is 6.31. The molecule has 2 bridgehead atoms. The zero-order chi connectivity index (χ0) is 20.8. The fourth-order valence-electron chi connectivity index (χ4n) is 4.81. The van der Waals surface area contributed by atoms with Crippen LogP contribution in [0.5, 0.6) is 5.75 Å². The Labute approximate surface area is 179 Å². The molecule has 0 radical (unpaired) electrons. The Morgan fingerprint density at radius 3 is 2.87 bits per heavy atom. The summed E-state index contributed by atoms with van der Waals surface area (Å²) >= 11 is 5.88. The van der Waals surface area contributed by atoms with E-state index in [4.69, 9.17) is 22.1 Å². The molecular weight excluding hydrogens is 405 g/mol. The molecule has 3 heterocycles. The Bertz CT molecular complexity index is 1110. The third kappa shape index (κ3) is 3.42. The number of fused-ring (bicyclic) bond motifs is 3. The first kappa shape index (κ1) is 19.3. The van der Waals surface area contributed by atoms with E-state index in [2.05, 4.69) is 27.2 Å². The van der Waals surface area contributed by atoms with Crippen LogP contribution in [0, 0.1) is 11.7 Å². The third-order valence-corrected chi connectivity index (χ3v) is 6.71. The Morgan fingerprint density at radius 1 is 1.27 bits per heavy atom. The molecule has 30 heavy (non-hydrogen) atoms. The van der Waals surface area contributed by atoms with Crippen molar-refractivity contribution in [1.82, 2.24) is 14.9 Å². The van der Waals surface area contributed by atoms with Crippen molar-refractivity contribution in [1.29, 1.82) is 0 Å². The number of nitrogens with two attached hydrogens (primary N) is 1. The maximum absolute atomic E-state index is 13.4. The number of nitrogen functional groups attached to an aromatic ring is 1. The van der Waals surface area contributed by atoms with Gasteiger partial charge < -0.3 is 20.7 Å². The van der Waals surface area contributed by atoms with E-state index in [1.807, 2.05) is 12.1 Å². The molecule has 2 saturated heterocycles. The first-order valence-corrected chi connectivity index (χ1v) is 10.5. The van der Waals surface area contributed by atoms with Crippen molar-refractivity contribution in [2.24, 2.45) is 5.92 Å². The lowest BCUT2D eigenvalue weighted by Gasteiger charge is -2.22. The minimum atomic E-state index is -0.470. The van der Waals surface area contributed by atoms with Gasteiger partial charge in [-0.3, -0.25) is 0 Å². The lowest BCUT2D eigenvalue weighted by molar-refractivity contribution is 0.204. The molecule has 2 aliphatic heterocycles. The molecule has 6 nitrogen and oxygen atoms in total. The van der Waals surface area contributed by atoms with E-state index in [1.165, 1.54) is 37.7 Å². The molecule has 0 spiro atoms. The molecule has 2 fully saturated rings. The maximum atomic E-state index is 13.4. The van der Waals surface area contributed by atoms with Crippen molar-refractivity contribution in [2.45, 2.75) is 31.3 Å². The minimum absolute atomic E-state index is 0.0415. The van der Waals surface area contributed by atoms with Gasteiger partial charge in [0.15, 0.2) is 0 Å². The van der Waals surface area contributed by atoms with Gasteiger partial charge in [-0.2, -0.15) is 0 Å². The highest BCUT2D eigenvalue weighted by Crippen LogP contribution is 2.41. The predicted octanol–water partition coefficient (Wildman–Crippen LogP) is 4.61. The van der Waals surface area contributed by atoms with Gasteiger partial charge in [-0.1, -0.05) is 11.6 Å². The number of hydrogen-bond acceptors (Lipinski definition) is 6. The van der Waals surface area contributed by atoms with Crippen LogP contribution in [-0.2, 0) is 0 Å². The summed E-state index contributed by atoms with van der Waals surface area (Å²) in [6, 6.07) is 9.38. The molecule has 2 aromatic carbocycles. The Balaban J connectivity index is 1.37. The summed E-state index contributed by atoms with van der Waals surface area (Å²) < 4.78 is 19.5. The number of aromatic nitrogens is 2. The second-order valence-electron chi connectivity index (χ2n) is 8.15. The Hall–Kier alpha value is -2.64. The zero-order valence-corrected chi connectivity index (χ0v) is 17.4. The van der Waals surface area contributed by atoms with Crippen LogP contribution < -0.4 is 15.8 Å². The molecule has 3 unspecified atom stereocenters. The molecule has 2 aliphatic rings. The van der Waals surface area contributed by atoms with Crippen LogP contribution in [0.4, 0.5) is 21.6 Å². The fraction of sp³-hybridized carbons (Fsp3) is 0.364. The standard InChI is InChI=1S/C22H23ClFN5O/c1-29-14-3-5-20(29)12(6-14)10-30-21-9-19-15(8-18(21)25)22(27-11-26-19)28-13-2-4-17(24)16(23)7-13/h2,4,7-9,11-12,14,20H,3,5-6,10,25H2,1H3,(H,26,27,28). The zero-order valence-electron chi connectivity index (χ0n) is 16.6. The van der Waals surface area contributed by atoms with Crippen molar-refractivity contribution < 1.29 is 9.13 Å². The number of benzene rings is 2. The van der Waals surface area contributed by atoms with Crippen molar-refractivity contribution >= 4 is 39.7 Å². The summed E-state index contributed by atoms with van der Waals surface area (Å²) in [6.45, 7) is 0.658. The largest absolute Gasteiger partial charge is 0.491 e. The monoisotopic (exact) mass is 427 g/mol. The number of nitrogens with one attached hydrogen (secondary N) is 1. The summed E-state index contributed by atoms with van der Waals surface area (Å²) in [5.41, 5.74) is 8.17. The molecule has 0 amide bonds. The minimum Gasteiger partial charge on any atom is -0.491 e. The van der Waals surface area contributed by atoms with E-state index in [0.717, 1.165) is 10.9 Å². The summed E-state index contributed by atoms with van der Waals surface area (Å²) in [6.07, 6.45) is 5.20. The summed E-state index contributed by atoms with van der Waals surface area (Å²) in [7, 11) is 2.21. The van der Waals surface area contributed by atoms with E-state index in [-0.39, 0.29) is 5.02 Å². The predicted molar refractivity (Wildman–Crippen MR) is 117 cm³/mol. The van der Waals surface area contributed by atoms with Crippen molar-refractivity contribution in [3.05, 3.63) is 47.5 Å². The maximum Gasteiger partial charge on any atom is 0.144 e. The van der Waals surface area contributed by atoms with Crippen molar-refractivity contribution in [2.75, 3.05) is 24.7 Å². The van der Waals surface area contributed by atoms with Gasteiger partial charge in [0.2, 0.25) is 0 Å². The Morgan fingerprint density at radius 2 is 2.13 bits per heavy atom. The molecule has 8 heteroatoms. The van der Waals surface area contributed by atoms with Gasteiger partial charge in [-0.15, -0.1) is 0 Å². The molecular formula is C22H23ClFN5O. The number of ether oxygens (including phenoxy) is 1. The lowest BCUT2D eigenvalue weighted by atomic mass is 9.90. The Kier molecular flexibility index (Phi) is 4.87. The SMILES string of the molecule is CN1C2CCC1C(COc1cc3ncnc(Nc4ccc(F)c(Cl)c4)c3cc1N)C2. The van der Waals surface area contributed by atoms with Gasteiger partial charge in [-0.25, -0.2) is 14.4 Å². The van der Waals surface area contributed by atoms with Crippen LogP contribution in [0.2, 0.25) is 5.02 Å². The van der Waals surface area contributed by atoms with Gasteiger partial charge in [0.25, 0.3) is 0 Å². The van der Waals surface area contributed by atoms with E-state index in [9.17, 15) is 4.39 Å². The first-order chi connectivity index (χ1) is 14.5. The van der Waals surface area contributed by atoms with Crippen LogP contribution in [0.3, 0.4) is 0 Å². The highest BCUT2D eigenvalue weighted by Gasteiger charge is 2.44. The lowest BCUT2D eigenvalue weighted by Crippen LogP contribution is -2.28. The molecule has 156 valence electrons. The molecule has 1 aromatic heterocycles. The average molecular weight is 428 g/mol. The van der Waals surface area contributed by atoms with E-state index in [1.54, 1.807) is 6.07 Å². The number of anilines is 3. The van der Waals surface area contributed by atoms with Crippen LogP contribution >= 0.6 is 11.6 Å². The third-order valence-electron chi connectivity index (χ3n) is 6.42. The summed E-state index contributed by atoms with van der Waals surface area (Å²) in [4.78, 5) is 11.2. The smallest absolute Gasteiger partial charge is 0.144 e. The van der Waals surface area contributed by atoms with E-state index >= 15 is 0 Å². The molecule has 5 rings (SSSR count). The van der Waals surface area contributed by atoms with Crippen molar-refractivity contribution in [3.63, 3.8) is 0 Å². The summed E-state index contributed by atoms with van der Waals surface area (Å²) in [5, 5.41) is 3.95. The van der Waals surface area contributed by atoms with Gasteiger partial charge in [-0.05, 0) is 50.6 Å². The normalized spacial score (nSPS) is 23.2. The molecule has 3 N–H and O–H groups in total. The number of halogens is 2. The summed E-state index contributed by atoms with van der Waals surface area (Å²) in [5.74, 6) is 1.27. The number of rotatable bonds is 5. The van der Waals surface area contributed by atoms with E-state index in [0.29, 0.717) is 47.6 Å². The van der Waals surface area contributed by atoms with Gasteiger partial charge in [0.05, 0.1) is 22.8 Å². The topological polar surface area (TPSA) is 76.3 Å². The van der Waals surface area contributed by atoms with Crippen molar-refractivity contribution in [3.8, 4) is 5.75 Å². The van der Waals surface area contributed by atoms with Gasteiger partial charge in [0.1, 0.15) is 23.7 Å². The quantitative estimate of drug-likeness (QED) is 0.579. The first-order valence-electron chi connectivity index (χ1n) is 10.1. The van der Waals surface area contributed by atoms with Crippen LogP contribution in [0.15, 0.2) is 36.7 Å². The number of nitrogens with zero attached hydrogens (tertiary/aromatic N) is 3. The highest BCUT2D eigenvalue weighted by atomic mass is 35.5. The fourth-order valence-corrected chi connectivity index (χ4v) is 4.99. The van der Waals surface area contributed by atoms with Crippen LogP contribution in [0.25, 0.3) is 10.9 Å².